The average Bonchev–Trinajstić information content (AvgIpc) is 2.84. The van der Waals surface area contributed by atoms with Crippen molar-refractivity contribution in [2.45, 2.75) is 9.79 Å². The fraction of sp³-hybridized carbons (Fsp3) is 0. The van der Waals surface area contributed by atoms with E-state index in [1.807, 2.05) is 0 Å². The number of carbonyl (C=O) groups is 1. The zero-order valence-corrected chi connectivity index (χ0v) is 20.1. The summed E-state index contributed by atoms with van der Waals surface area (Å²) in [4.78, 5) is 12.4. The van der Waals surface area contributed by atoms with Gasteiger partial charge < -0.3 is 10.6 Å². The molecule has 0 saturated heterocycles. The third-order valence-electron chi connectivity index (χ3n) is 5.18. The summed E-state index contributed by atoms with van der Waals surface area (Å²) < 4.78 is 62.6. The summed E-state index contributed by atoms with van der Waals surface area (Å²) in [6.45, 7) is 0. The van der Waals surface area contributed by atoms with Crippen molar-refractivity contribution >= 4 is 48.8 Å². The first kappa shape index (κ1) is 25.1. The van der Waals surface area contributed by atoms with Crippen molar-refractivity contribution in [3.63, 3.8) is 0 Å². The Morgan fingerprint density at radius 3 is 0.972 bits per heavy atom. The summed E-state index contributed by atoms with van der Waals surface area (Å²) in [7, 11) is -8.51. The Hall–Kier alpha value is -4.03. The van der Waals surface area contributed by atoms with Crippen molar-refractivity contribution in [3.05, 3.63) is 108 Å². The summed E-state index contributed by atoms with van der Waals surface area (Å²) in [5.74, 6) is -0.178. The van der Waals surface area contributed by atoms with Crippen molar-refractivity contribution < 1.29 is 30.7 Å². The molecule has 4 rings (SSSR count). The molecule has 11 heteroatoms. The molecule has 4 N–H and O–H groups in total. The molecule has 0 heterocycles. The maximum atomic E-state index is 12.8. The number of nitrogens with one attached hydrogen (secondary N) is 2. The van der Waals surface area contributed by atoms with Crippen molar-refractivity contribution in [3.8, 4) is 0 Å². The van der Waals surface area contributed by atoms with Gasteiger partial charge in [0.2, 0.25) is 0 Å². The Bertz CT molecular complexity index is 1480. The third-order valence-corrected chi connectivity index (χ3v) is 6.91. The van der Waals surface area contributed by atoms with Crippen molar-refractivity contribution in [1.82, 2.24) is 0 Å². The highest BCUT2D eigenvalue weighted by Crippen LogP contribution is 2.22. The third kappa shape index (κ3) is 6.15. The van der Waals surface area contributed by atoms with Crippen LogP contribution in [-0.4, -0.2) is 31.7 Å². The van der Waals surface area contributed by atoms with Gasteiger partial charge in [-0.15, -0.1) is 0 Å². The normalized spacial score (nSPS) is 11.6. The predicted octanol–water partition coefficient (Wildman–Crippen LogP) is 4.90. The van der Waals surface area contributed by atoms with Crippen LogP contribution in [0.1, 0.15) is 15.9 Å². The van der Waals surface area contributed by atoms with E-state index in [1.165, 1.54) is 48.5 Å². The molecule has 36 heavy (non-hydrogen) atoms. The molecule has 0 unspecified atom stereocenters. The minimum atomic E-state index is -4.26. The summed E-state index contributed by atoms with van der Waals surface area (Å²) in [5, 5.41) is 6.17. The topological polar surface area (TPSA) is 150 Å². The quantitative estimate of drug-likeness (QED) is 0.186. The number of rotatable bonds is 8. The van der Waals surface area contributed by atoms with E-state index in [0.717, 1.165) is 0 Å². The van der Waals surface area contributed by atoms with Crippen LogP contribution in [0.25, 0.3) is 0 Å². The minimum Gasteiger partial charge on any atom is -0.356 e. The van der Waals surface area contributed by atoms with Gasteiger partial charge in [-0.3, -0.25) is 13.9 Å². The van der Waals surface area contributed by atoms with E-state index in [9.17, 15) is 21.6 Å². The maximum absolute atomic E-state index is 12.8. The molecule has 0 aliphatic rings. The smallest absolute Gasteiger partial charge is 0.294 e. The van der Waals surface area contributed by atoms with Gasteiger partial charge in [-0.1, -0.05) is 0 Å². The standard InChI is InChI=1S/C25H20N2O7S2/c28-25(17-1-5-19(6-2-17)26-21-9-13-23(14-10-21)35(29,30)31)18-3-7-20(8-4-18)27-22-11-15-24(16-12-22)36(32,33)34/h1-16,26-27H,(H,29,30,31)(H,32,33,34). The van der Waals surface area contributed by atoms with E-state index in [4.69, 9.17) is 9.11 Å². The molecule has 0 fully saturated rings. The molecule has 184 valence electrons. The Labute approximate surface area is 207 Å². The van der Waals surface area contributed by atoms with Gasteiger partial charge in [0, 0.05) is 33.9 Å². The lowest BCUT2D eigenvalue weighted by Gasteiger charge is -2.09. The van der Waals surface area contributed by atoms with Crippen LogP contribution in [0.2, 0.25) is 0 Å². The lowest BCUT2D eigenvalue weighted by molar-refractivity contribution is 0.103. The first-order chi connectivity index (χ1) is 17.0. The SMILES string of the molecule is O=C(c1ccc(Nc2ccc(S(=O)(=O)O)cc2)cc1)c1ccc(Nc2ccc(S(=O)(=O)O)cc2)cc1. The van der Waals surface area contributed by atoms with Crippen LogP contribution < -0.4 is 10.6 Å². The summed E-state index contributed by atoms with van der Waals surface area (Å²) in [6, 6.07) is 24.7. The highest BCUT2D eigenvalue weighted by atomic mass is 32.2. The number of ketones is 1. The highest BCUT2D eigenvalue weighted by Gasteiger charge is 2.11. The minimum absolute atomic E-state index is 0.178. The fourth-order valence-electron chi connectivity index (χ4n) is 3.33. The van der Waals surface area contributed by atoms with Crippen LogP contribution >= 0.6 is 0 Å². The monoisotopic (exact) mass is 524 g/mol. The molecule has 0 saturated carbocycles. The molecule has 0 radical (unpaired) electrons. The van der Waals surface area contributed by atoms with E-state index >= 15 is 0 Å². The lowest BCUT2D eigenvalue weighted by atomic mass is 10.0. The number of benzene rings is 4. The van der Waals surface area contributed by atoms with E-state index in [-0.39, 0.29) is 15.6 Å². The molecule has 0 spiro atoms. The van der Waals surface area contributed by atoms with Crippen LogP contribution in [0.3, 0.4) is 0 Å². The van der Waals surface area contributed by atoms with Crippen LogP contribution in [0, 0.1) is 0 Å². The summed E-state index contributed by atoms with van der Waals surface area (Å²) >= 11 is 0. The first-order valence-corrected chi connectivity index (χ1v) is 13.3. The predicted molar refractivity (Wildman–Crippen MR) is 135 cm³/mol. The number of hydrogen-bond donors (Lipinski definition) is 4. The molecule has 0 aromatic heterocycles. The van der Waals surface area contributed by atoms with Gasteiger partial charge in [0.25, 0.3) is 20.2 Å². The number of hydrogen-bond acceptors (Lipinski definition) is 7. The second-order valence-corrected chi connectivity index (χ2v) is 10.6. The molecular formula is C25H20N2O7S2. The van der Waals surface area contributed by atoms with Crippen LogP contribution in [0.15, 0.2) is 107 Å². The largest absolute Gasteiger partial charge is 0.356 e. The summed E-state index contributed by atoms with van der Waals surface area (Å²) in [6.07, 6.45) is 0. The lowest BCUT2D eigenvalue weighted by Crippen LogP contribution is -2.02. The Morgan fingerprint density at radius 2 is 0.722 bits per heavy atom. The molecule has 0 aliphatic carbocycles. The second kappa shape index (κ2) is 9.91. The molecule has 0 amide bonds. The van der Waals surface area contributed by atoms with Gasteiger partial charge in [-0.2, -0.15) is 16.8 Å². The molecule has 4 aromatic rings. The van der Waals surface area contributed by atoms with Gasteiger partial charge in [0.05, 0.1) is 9.79 Å². The number of carbonyl (C=O) groups excluding carboxylic acids is 1. The second-order valence-electron chi connectivity index (χ2n) is 7.73. The average molecular weight is 525 g/mol. The van der Waals surface area contributed by atoms with Gasteiger partial charge >= 0.3 is 0 Å². The van der Waals surface area contributed by atoms with Crippen LogP contribution in [0.4, 0.5) is 22.7 Å². The van der Waals surface area contributed by atoms with Crippen molar-refractivity contribution in [1.29, 1.82) is 0 Å². The van der Waals surface area contributed by atoms with Crippen molar-refractivity contribution in [2.75, 3.05) is 10.6 Å². The van der Waals surface area contributed by atoms with Crippen LogP contribution in [-0.2, 0) is 20.2 Å². The molecule has 9 nitrogen and oxygen atoms in total. The molecular weight excluding hydrogens is 504 g/mol. The van der Waals surface area contributed by atoms with E-state index in [2.05, 4.69) is 10.6 Å². The zero-order valence-electron chi connectivity index (χ0n) is 18.5. The first-order valence-electron chi connectivity index (χ1n) is 10.4. The molecule has 4 aromatic carbocycles. The van der Waals surface area contributed by atoms with E-state index < -0.39 is 20.2 Å². The highest BCUT2D eigenvalue weighted by molar-refractivity contribution is 7.86. The van der Waals surface area contributed by atoms with Gasteiger partial charge in [-0.05, 0) is 97.1 Å². The number of anilines is 4. The van der Waals surface area contributed by atoms with Gasteiger partial charge in [0.15, 0.2) is 5.78 Å². The Morgan fingerprint density at radius 1 is 0.472 bits per heavy atom. The van der Waals surface area contributed by atoms with Crippen LogP contribution in [0.5, 0.6) is 0 Å². The van der Waals surface area contributed by atoms with E-state index in [0.29, 0.717) is 33.9 Å². The zero-order chi connectivity index (χ0) is 25.9. The molecule has 0 atom stereocenters. The van der Waals surface area contributed by atoms with Gasteiger partial charge in [0.1, 0.15) is 0 Å². The maximum Gasteiger partial charge on any atom is 0.294 e. The van der Waals surface area contributed by atoms with E-state index in [1.54, 1.807) is 48.5 Å². The summed E-state index contributed by atoms with van der Waals surface area (Å²) in [5.41, 5.74) is 3.54. The Balaban J connectivity index is 1.40. The fourth-order valence-corrected chi connectivity index (χ4v) is 4.29. The van der Waals surface area contributed by atoms with Gasteiger partial charge in [-0.25, -0.2) is 0 Å². The van der Waals surface area contributed by atoms with Crippen molar-refractivity contribution in [2.24, 2.45) is 0 Å². The Kier molecular flexibility index (Phi) is 6.91. The molecule has 0 bridgehead atoms. The molecule has 0 aliphatic heterocycles.